The fourth-order valence-corrected chi connectivity index (χ4v) is 4.10. The molecule has 0 aliphatic carbocycles. The summed E-state index contributed by atoms with van der Waals surface area (Å²) in [6.45, 7) is 2.88. The fraction of sp³-hybridized carbons (Fsp3) is 0.263. The molecule has 0 radical (unpaired) electrons. The highest BCUT2D eigenvalue weighted by molar-refractivity contribution is 7.92. The summed E-state index contributed by atoms with van der Waals surface area (Å²) in [6.07, 6.45) is -0.308. The van der Waals surface area contributed by atoms with E-state index in [2.05, 4.69) is 10.6 Å². The first kappa shape index (κ1) is 19.8. The number of rotatable bonds is 5. The van der Waals surface area contributed by atoms with Gasteiger partial charge in [-0.1, -0.05) is 6.07 Å². The molecular weight excluding hydrogens is 387 g/mol. The van der Waals surface area contributed by atoms with Gasteiger partial charge in [-0.3, -0.25) is 9.59 Å². The second-order valence-corrected chi connectivity index (χ2v) is 8.93. The first-order valence-electron chi connectivity index (χ1n) is 8.53. The van der Waals surface area contributed by atoms with E-state index in [-0.39, 0.29) is 35.2 Å². The molecule has 1 aliphatic rings. The van der Waals surface area contributed by atoms with E-state index in [4.69, 9.17) is 4.74 Å². The van der Waals surface area contributed by atoms with Gasteiger partial charge in [0.2, 0.25) is 5.91 Å². The maximum absolute atomic E-state index is 13.6. The third-order valence-electron chi connectivity index (χ3n) is 4.37. The lowest BCUT2D eigenvalue weighted by molar-refractivity contribution is -0.118. The van der Waals surface area contributed by atoms with Gasteiger partial charge < -0.3 is 15.4 Å². The Balaban J connectivity index is 1.73. The number of hydrogen-bond donors (Lipinski definition) is 2. The topological polar surface area (TPSA) is 102 Å². The number of nitrogens with one attached hydrogen (secondary N) is 2. The van der Waals surface area contributed by atoms with Crippen LogP contribution in [0, 0.1) is 12.7 Å². The minimum atomic E-state index is -3.83. The summed E-state index contributed by atoms with van der Waals surface area (Å²) >= 11 is 0. The van der Waals surface area contributed by atoms with Gasteiger partial charge in [0, 0.05) is 12.1 Å². The van der Waals surface area contributed by atoms with Crippen molar-refractivity contribution in [3.63, 3.8) is 0 Å². The molecule has 2 aromatic carbocycles. The molecule has 0 fully saturated rings. The maximum Gasteiger partial charge on any atom is 0.262 e. The molecule has 1 aliphatic heterocycles. The molecule has 1 heterocycles. The van der Waals surface area contributed by atoms with Crippen LogP contribution < -0.4 is 15.4 Å². The Kier molecular flexibility index (Phi) is 5.37. The monoisotopic (exact) mass is 406 g/mol. The van der Waals surface area contributed by atoms with Gasteiger partial charge in [0.15, 0.2) is 16.4 Å². The van der Waals surface area contributed by atoms with Gasteiger partial charge in [0.05, 0.1) is 15.8 Å². The molecule has 2 aromatic rings. The van der Waals surface area contributed by atoms with Crippen LogP contribution in [-0.2, 0) is 19.4 Å². The van der Waals surface area contributed by atoms with E-state index in [1.807, 2.05) is 0 Å². The molecular formula is C19H19FN2O5S. The molecule has 9 heteroatoms. The Morgan fingerprint density at radius 3 is 2.75 bits per heavy atom. The van der Waals surface area contributed by atoms with Crippen LogP contribution in [-0.4, -0.2) is 32.1 Å². The Labute approximate surface area is 161 Å². The van der Waals surface area contributed by atoms with Crippen molar-refractivity contribution in [2.45, 2.75) is 30.4 Å². The van der Waals surface area contributed by atoms with E-state index in [0.717, 1.165) is 0 Å². The van der Waals surface area contributed by atoms with Gasteiger partial charge in [0.25, 0.3) is 5.91 Å². The summed E-state index contributed by atoms with van der Waals surface area (Å²) in [6, 6.07) is 8.39. The molecule has 0 saturated heterocycles. The second-order valence-electron chi connectivity index (χ2n) is 6.57. The first-order chi connectivity index (χ1) is 13.2. The zero-order chi connectivity index (χ0) is 20.5. The van der Waals surface area contributed by atoms with E-state index in [0.29, 0.717) is 11.3 Å². The van der Waals surface area contributed by atoms with Crippen molar-refractivity contribution >= 4 is 33.0 Å². The molecule has 2 amide bonds. The van der Waals surface area contributed by atoms with Crippen LogP contribution in [0.25, 0.3) is 0 Å². The quantitative estimate of drug-likeness (QED) is 0.795. The lowest BCUT2D eigenvalue weighted by atomic mass is 10.2. The molecule has 2 N–H and O–H groups in total. The zero-order valence-corrected chi connectivity index (χ0v) is 16.1. The van der Waals surface area contributed by atoms with E-state index in [1.165, 1.54) is 37.3 Å². The maximum atomic E-state index is 13.6. The smallest absolute Gasteiger partial charge is 0.262 e. The van der Waals surface area contributed by atoms with Crippen molar-refractivity contribution in [2.24, 2.45) is 0 Å². The molecule has 148 valence electrons. The number of carbonyl (C=O) groups is 2. The van der Waals surface area contributed by atoms with Crippen LogP contribution in [0.5, 0.6) is 5.75 Å². The third-order valence-corrected chi connectivity index (χ3v) is 6.51. The molecule has 0 saturated carbocycles. The van der Waals surface area contributed by atoms with Crippen molar-refractivity contribution < 1.29 is 27.1 Å². The van der Waals surface area contributed by atoms with E-state index < -0.39 is 26.8 Å². The highest BCUT2D eigenvalue weighted by atomic mass is 32.2. The molecule has 0 unspecified atom stereocenters. The van der Waals surface area contributed by atoms with Crippen molar-refractivity contribution in [2.75, 3.05) is 17.2 Å². The van der Waals surface area contributed by atoms with Crippen LogP contribution >= 0.6 is 0 Å². The number of amides is 2. The average molecular weight is 406 g/mol. The summed E-state index contributed by atoms with van der Waals surface area (Å²) in [5.41, 5.74) is 0.966. The van der Waals surface area contributed by atoms with Gasteiger partial charge in [-0.25, -0.2) is 12.8 Å². The molecule has 28 heavy (non-hydrogen) atoms. The van der Waals surface area contributed by atoms with Gasteiger partial charge in [0.1, 0.15) is 11.6 Å². The van der Waals surface area contributed by atoms with Crippen LogP contribution in [0.1, 0.15) is 18.9 Å². The van der Waals surface area contributed by atoms with E-state index in [9.17, 15) is 22.4 Å². The van der Waals surface area contributed by atoms with Crippen molar-refractivity contribution in [1.82, 2.24) is 0 Å². The van der Waals surface area contributed by atoms with Crippen molar-refractivity contribution in [3.8, 4) is 5.75 Å². The largest absolute Gasteiger partial charge is 0.482 e. The molecule has 0 spiro atoms. The summed E-state index contributed by atoms with van der Waals surface area (Å²) in [7, 11) is -3.83. The minimum absolute atomic E-state index is 0.0290. The first-order valence-corrected chi connectivity index (χ1v) is 10.1. The number of hydrogen-bond acceptors (Lipinski definition) is 5. The van der Waals surface area contributed by atoms with Gasteiger partial charge >= 0.3 is 0 Å². The van der Waals surface area contributed by atoms with Crippen LogP contribution in [0.15, 0.2) is 41.3 Å². The number of aryl methyl sites for hydroxylation is 1. The molecule has 7 nitrogen and oxygen atoms in total. The summed E-state index contributed by atoms with van der Waals surface area (Å²) in [5.74, 6) is -1.00. The lowest BCUT2D eigenvalue weighted by Crippen LogP contribution is -2.27. The summed E-state index contributed by atoms with van der Waals surface area (Å²) in [5, 5.41) is 4.02. The standard InChI is InChI=1S/C19H19FN2O5S/c1-11-3-4-13(8-15(11)20)21-18(23)7-12(2)28(25,26)14-5-6-17-16(9-14)22-19(24)10-27-17/h3-6,8-9,12H,7,10H2,1-2H3,(H,21,23)(H,22,24)/t12-/m0/s1. The normalized spacial score (nSPS) is 14.5. The second kappa shape index (κ2) is 7.59. The molecule has 0 bridgehead atoms. The summed E-state index contributed by atoms with van der Waals surface area (Å²) in [4.78, 5) is 23.6. The number of sulfone groups is 1. The third kappa shape index (κ3) is 4.14. The predicted octanol–water partition coefficient (Wildman–Crippen LogP) is 2.66. The van der Waals surface area contributed by atoms with Crippen molar-refractivity contribution in [1.29, 1.82) is 0 Å². The van der Waals surface area contributed by atoms with Gasteiger partial charge in [-0.2, -0.15) is 0 Å². The van der Waals surface area contributed by atoms with Gasteiger partial charge in [-0.15, -0.1) is 0 Å². The Morgan fingerprint density at radius 1 is 1.29 bits per heavy atom. The van der Waals surface area contributed by atoms with Crippen LogP contribution in [0.3, 0.4) is 0 Å². The zero-order valence-electron chi connectivity index (χ0n) is 15.3. The Bertz CT molecular complexity index is 1050. The van der Waals surface area contributed by atoms with Crippen molar-refractivity contribution in [3.05, 3.63) is 47.8 Å². The number of ether oxygens (including phenoxy) is 1. The van der Waals surface area contributed by atoms with E-state index in [1.54, 1.807) is 13.0 Å². The number of carbonyl (C=O) groups excluding carboxylic acids is 2. The minimum Gasteiger partial charge on any atom is -0.482 e. The SMILES string of the molecule is Cc1ccc(NC(=O)C[C@H](C)S(=O)(=O)c2ccc3c(c2)NC(=O)CO3)cc1F. The Hall–Kier alpha value is -2.94. The predicted molar refractivity (Wildman–Crippen MR) is 102 cm³/mol. The number of anilines is 2. The number of benzene rings is 2. The number of halogens is 1. The van der Waals surface area contributed by atoms with E-state index >= 15 is 0 Å². The molecule has 1 atom stereocenters. The summed E-state index contributed by atoms with van der Waals surface area (Å²) < 4.78 is 44.4. The fourth-order valence-electron chi connectivity index (χ4n) is 2.72. The lowest BCUT2D eigenvalue weighted by Gasteiger charge is -2.19. The van der Waals surface area contributed by atoms with Gasteiger partial charge in [-0.05, 0) is 49.7 Å². The molecule has 3 rings (SSSR count). The molecule has 0 aromatic heterocycles. The highest BCUT2D eigenvalue weighted by Crippen LogP contribution is 2.31. The Morgan fingerprint density at radius 2 is 2.04 bits per heavy atom. The van der Waals surface area contributed by atoms with Crippen LogP contribution in [0.4, 0.5) is 15.8 Å². The number of fused-ring (bicyclic) bond motifs is 1. The average Bonchev–Trinajstić information content (AvgIpc) is 2.64. The highest BCUT2D eigenvalue weighted by Gasteiger charge is 2.28. The van der Waals surface area contributed by atoms with Crippen LogP contribution in [0.2, 0.25) is 0 Å².